The summed E-state index contributed by atoms with van der Waals surface area (Å²) in [6.07, 6.45) is 0. The van der Waals surface area contributed by atoms with E-state index in [2.05, 4.69) is 16.0 Å². The summed E-state index contributed by atoms with van der Waals surface area (Å²) < 4.78 is 5.29. The Morgan fingerprint density at radius 3 is 2.31 bits per heavy atom. The summed E-state index contributed by atoms with van der Waals surface area (Å²) in [5, 5.41) is 10.6. The van der Waals surface area contributed by atoms with Crippen molar-refractivity contribution in [1.82, 2.24) is 10.6 Å². The van der Waals surface area contributed by atoms with Crippen LogP contribution in [-0.4, -0.2) is 32.2 Å². The van der Waals surface area contributed by atoms with Crippen molar-refractivity contribution in [2.24, 2.45) is 0 Å². The third-order valence-electron chi connectivity index (χ3n) is 5.62. The second-order valence-electron chi connectivity index (χ2n) is 8.11. The van der Waals surface area contributed by atoms with Gasteiger partial charge in [-0.05, 0) is 77.9 Å². The van der Waals surface area contributed by atoms with Gasteiger partial charge in [0.05, 0.1) is 35.1 Å². The predicted molar refractivity (Wildman–Crippen MR) is 147 cm³/mol. The minimum Gasteiger partial charge on any atom is -0.497 e. The summed E-state index contributed by atoms with van der Waals surface area (Å²) in [6, 6.07) is 19.8. The number of nitrogens with one attached hydrogen (secondary N) is 3. The molecule has 1 aliphatic rings. The van der Waals surface area contributed by atoms with E-state index >= 15 is 0 Å². The maximum absolute atomic E-state index is 13.8. The average Bonchev–Trinajstić information content (AvgIpc) is 2.85. The maximum Gasteiger partial charge on any atom is 0.256 e. The Bertz CT molecular complexity index is 1290. The lowest BCUT2D eigenvalue weighted by atomic mass is 9.92. The molecule has 1 heterocycles. The van der Waals surface area contributed by atoms with Crippen molar-refractivity contribution in [2.45, 2.75) is 6.04 Å². The van der Waals surface area contributed by atoms with Crippen LogP contribution in [0.3, 0.4) is 0 Å². The van der Waals surface area contributed by atoms with Crippen molar-refractivity contribution >= 4 is 63.5 Å². The zero-order valence-electron chi connectivity index (χ0n) is 19.4. The molecule has 0 aromatic heterocycles. The smallest absolute Gasteiger partial charge is 0.256 e. The Labute approximate surface area is 219 Å². The van der Waals surface area contributed by atoms with Gasteiger partial charge in [-0.2, -0.15) is 0 Å². The Kier molecular flexibility index (Phi) is 7.50. The summed E-state index contributed by atoms with van der Waals surface area (Å²) in [5.41, 5.74) is 4.24. The third kappa shape index (κ3) is 5.53. The molecule has 1 aliphatic heterocycles. The minimum absolute atomic E-state index is 0.329. The lowest BCUT2D eigenvalue weighted by Gasteiger charge is -2.32. The van der Waals surface area contributed by atoms with Gasteiger partial charge < -0.3 is 25.6 Å². The highest BCUT2D eigenvalue weighted by molar-refractivity contribution is 7.80. The van der Waals surface area contributed by atoms with Gasteiger partial charge in [-0.3, -0.25) is 4.79 Å². The van der Waals surface area contributed by atoms with Crippen LogP contribution in [-0.2, 0) is 4.79 Å². The van der Waals surface area contributed by atoms with Gasteiger partial charge in [-0.15, -0.1) is 0 Å². The molecular formula is C26H24Cl2N4O2S. The summed E-state index contributed by atoms with van der Waals surface area (Å²) in [7, 11) is 5.56. The molecule has 9 heteroatoms. The highest BCUT2D eigenvalue weighted by atomic mass is 35.5. The second-order valence-corrected chi connectivity index (χ2v) is 9.36. The van der Waals surface area contributed by atoms with Gasteiger partial charge in [-0.1, -0.05) is 35.3 Å². The molecule has 0 spiro atoms. The number of hydrogen-bond acceptors (Lipinski definition) is 4. The number of carbonyl (C=O) groups excluding carboxylic acids is 1. The van der Waals surface area contributed by atoms with E-state index in [0.29, 0.717) is 37.9 Å². The fraction of sp³-hybridized carbons (Fsp3) is 0.154. The van der Waals surface area contributed by atoms with Gasteiger partial charge in [0.2, 0.25) is 0 Å². The van der Waals surface area contributed by atoms with Crippen LogP contribution in [0, 0.1) is 0 Å². The number of halogens is 2. The Hall–Kier alpha value is -3.26. The molecule has 35 heavy (non-hydrogen) atoms. The number of methoxy groups -OCH3 is 1. The molecule has 1 amide bonds. The van der Waals surface area contributed by atoms with Gasteiger partial charge >= 0.3 is 0 Å². The highest BCUT2D eigenvalue weighted by Gasteiger charge is 2.32. The minimum atomic E-state index is -0.497. The van der Waals surface area contributed by atoms with Crippen LogP contribution in [0.15, 0.2) is 72.3 Å². The van der Waals surface area contributed by atoms with E-state index in [1.54, 1.807) is 25.3 Å². The van der Waals surface area contributed by atoms with Crippen molar-refractivity contribution in [3.05, 3.63) is 93.5 Å². The molecule has 3 aromatic carbocycles. The van der Waals surface area contributed by atoms with Crippen LogP contribution in [0.25, 0.3) is 5.70 Å². The van der Waals surface area contributed by atoms with Crippen LogP contribution in [0.1, 0.15) is 17.2 Å². The van der Waals surface area contributed by atoms with E-state index in [4.69, 9.17) is 40.2 Å². The number of rotatable bonds is 6. The first-order valence-corrected chi connectivity index (χ1v) is 11.9. The summed E-state index contributed by atoms with van der Waals surface area (Å²) in [6.45, 7) is 0. The SMILES string of the molecule is COc1ccc(C2=C(C(=O)Nc3ccc(Cl)cc3Cl)C(c3ccc(N(C)C)cc3)NC(=S)N2)cc1. The highest BCUT2D eigenvalue weighted by Crippen LogP contribution is 2.34. The summed E-state index contributed by atoms with van der Waals surface area (Å²) in [5.74, 6) is 0.379. The van der Waals surface area contributed by atoms with E-state index in [-0.39, 0.29) is 5.91 Å². The topological polar surface area (TPSA) is 65.6 Å². The van der Waals surface area contributed by atoms with E-state index in [0.717, 1.165) is 16.8 Å². The molecule has 0 bridgehead atoms. The molecule has 1 atom stereocenters. The number of benzene rings is 3. The molecule has 3 aromatic rings. The number of anilines is 2. The van der Waals surface area contributed by atoms with E-state index < -0.39 is 6.04 Å². The Balaban J connectivity index is 1.83. The van der Waals surface area contributed by atoms with Gasteiger partial charge in [0.25, 0.3) is 5.91 Å². The van der Waals surface area contributed by atoms with Crippen LogP contribution >= 0.6 is 35.4 Å². The van der Waals surface area contributed by atoms with E-state index in [9.17, 15) is 4.79 Å². The van der Waals surface area contributed by atoms with E-state index in [1.165, 1.54) is 0 Å². The molecule has 0 saturated carbocycles. The zero-order chi connectivity index (χ0) is 25.1. The fourth-order valence-corrected chi connectivity index (χ4v) is 4.47. The molecule has 0 saturated heterocycles. The third-order valence-corrected chi connectivity index (χ3v) is 6.39. The lowest BCUT2D eigenvalue weighted by molar-refractivity contribution is -0.113. The van der Waals surface area contributed by atoms with Crippen molar-refractivity contribution in [3.63, 3.8) is 0 Å². The van der Waals surface area contributed by atoms with Crippen molar-refractivity contribution < 1.29 is 9.53 Å². The molecule has 6 nitrogen and oxygen atoms in total. The monoisotopic (exact) mass is 526 g/mol. The van der Waals surface area contributed by atoms with E-state index in [1.807, 2.05) is 67.5 Å². The molecular weight excluding hydrogens is 503 g/mol. The number of hydrogen-bond donors (Lipinski definition) is 3. The Morgan fingerprint density at radius 1 is 1.03 bits per heavy atom. The normalized spacial score (nSPS) is 15.2. The molecule has 0 radical (unpaired) electrons. The van der Waals surface area contributed by atoms with Gasteiger partial charge in [0, 0.05) is 24.8 Å². The molecule has 4 rings (SSSR count). The first-order valence-electron chi connectivity index (χ1n) is 10.8. The zero-order valence-corrected chi connectivity index (χ0v) is 21.7. The summed E-state index contributed by atoms with van der Waals surface area (Å²) >= 11 is 17.9. The second kappa shape index (κ2) is 10.6. The van der Waals surface area contributed by atoms with Crippen LogP contribution in [0.4, 0.5) is 11.4 Å². The number of thiocarbonyl (C=S) groups is 1. The Morgan fingerprint density at radius 2 is 1.71 bits per heavy atom. The fourth-order valence-electron chi connectivity index (χ4n) is 3.79. The van der Waals surface area contributed by atoms with Gasteiger partial charge in [-0.25, -0.2) is 0 Å². The molecule has 1 unspecified atom stereocenters. The number of amides is 1. The number of carbonyl (C=O) groups is 1. The predicted octanol–water partition coefficient (Wildman–Crippen LogP) is 5.64. The maximum atomic E-state index is 13.8. The lowest BCUT2D eigenvalue weighted by Crippen LogP contribution is -2.45. The van der Waals surface area contributed by atoms with Crippen LogP contribution in [0.5, 0.6) is 5.75 Å². The van der Waals surface area contributed by atoms with Crippen LogP contribution < -0.4 is 25.6 Å². The molecule has 0 aliphatic carbocycles. The largest absolute Gasteiger partial charge is 0.497 e. The first-order chi connectivity index (χ1) is 16.8. The average molecular weight is 527 g/mol. The number of nitrogens with zero attached hydrogens (tertiary/aromatic N) is 1. The van der Waals surface area contributed by atoms with Crippen molar-refractivity contribution in [3.8, 4) is 5.75 Å². The van der Waals surface area contributed by atoms with Gasteiger partial charge in [0.1, 0.15) is 5.75 Å². The first kappa shape index (κ1) is 24.9. The standard InChI is InChI=1S/C26H24Cl2N4O2S/c1-32(2)18-9-4-15(5-10-18)23-22(25(33)29-21-13-8-17(27)14-20(21)28)24(31-26(35)30-23)16-6-11-19(34-3)12-7-16/h4-14,23H,1-3H3,(H,29,33)(H2,30,31,35). The molecule has 0 fully saturated rings. The van der Waals surface area contributed by atoms with Crippen molar-refractivity contribution in [2.75, 3.05) is 31.4 Å². The van der Waals surface area contributed by atoms with Crippen LogP contribution in [0.2, 0.25) is 10.0 Å². The molecule has 3 N–H and O–H groups in total. The van der Waals surface area contributed by atoms with Gasteiger partial charge in [0.15, 0.2) is 5.11 Å². The molecule has 180 valence electrons. The number of ether oxygens (including phenoxy) is 1. The van der Waals surface area contributed by atoms with Crippen molar-refractivity contribution in [1.29, 1.82) is 0 Å². The summed E-state index contributed by atoms with van der Waals surface area (Å²) in [4.78, 5) is 15.8. The quantitative estimate of drug-likeness (QED) is 0.361.